The minimum Gasteiger partial charge on any atom is -0.359 e. The molecule has 2 saturated carbocycles. The lowest BCUT2D eigenvalue weighted by Gasteiger charge is -2.16. The third-order valence-electron chi connectivity index (χ3n) is 7.96. The maximum atomic E-state index is 13.1. The number of carbonyl (C=O) groups excluding carboxylic acids is 2. The molecule has 3 heterocycles. The molecule has 2 unspecified atom stereocenters. The van der Waals surface area contributed by atoms with E-state index in [9.17, 15) is 14.9 Å². The topological polar surface area (TPSA) is 99.8 Å². The Morgan fingerprint density at radius 2 is 1.76 bits per heavy atom. The zero-order valence-corrected chi connectivity index (χ0v) is 20.6. The smallest absolute Gasteiger partial charge is 0.228 e. The molecular weight excluding hydrogens is 450 g/mol. The molecular formula is C26H30ClN5O2. The average molecular weight is 480 g/mol. The monoisotopic (exact) mass is 479 g/mol. The van der Waals surface area contributed by atoms with E-state index in [4.69, 9.17) is 11.6 Å². The van der Waals surface area contributed by atoms with Crippen LogP contribution in [0.1, 0.15) is 50.9 Å². The number of pyridine rings is 1. The highest BCUT2D eigenvalue weighted by atomic mass is 35.5. The lowest BCUT2D eigenvalue weighted by Crippen LogP contribution is -2.27. The van der Waals surface area contributed by atoms with Gasteiger partial charge in [-0.25, -0.2) is 4.98 Å². The van der Waals surface area contributed by atoms with E-state index < -0.39 is 0 Å². The van der Waals surface area contributed by atoms with Crippen LogP contribution in [0, 0.1) is 40.4 Å². The number of rotatable bonds is 4. The van der Waals surface area contributed by atoms with Crippen molar-refractivity contribution < 1.29 is 9.59 Å². The van der Waals surface area contributed by atoms with E-state index in [2.05, 4.69) is 40.1 Å². The van der Waals surface area contributed by atoms with Crippen LogP contribution >= 0.6 is 11.6 Å². The van der Waals surface area contributed by atoms with Crippen molar-refractivity contribution in [2.45, 2.75) is 52.5 Å². The molecule has 2 fully saturated rings. The van der Waals surface area contributed by atoms with E-state index in [1.807, 2.05) is 12.1 Å². The Morgan fingerprint density at radius 1 is 1.12 bits per heavy atom. The standard InChI is InChI=1S/C26H30ClN5O2/c1-26(2)10-22-20(8-18(11-28)32(22)13-26)19-9-23(30-12-21(19)27)31-25(34)17-6-14-4-16(24(33)29-3)5-15(14)7-17/h8-9,12,14-17H,4-7,10,13H2,1-3H3,(H,29,33)(H,30,31,34). The summed E-state index contributed by atoms with van der Waals surface area (Å²) in [6.07, 6.45) is 5.80. The molecule has 2 aliphatic carbocycles. The summed E-state index contributed by atoms with van der Waals surface area (Å²) in [5.41, 5.74) is 3.51. The van der Waals surface area contributed by atoms with Crippen LogP contribution < -0.4 is 10.6 Å². The first-order valence-corrected chi connectivity index (χ1v) is 12.4. The van der Waals surface area contributed by atoms with Crippen LogP contribution in [0.25, 0.3) is 11.1 Å². The fourth-order valence-electron chi connectivity index (χ4n) is 6.41. The number of anilines is 1. The summed E-state index contributed by atoms with van der Waals surface area (Å²) in [6.45, 7) is 5.18. The van der Waals surface area contributed by atoms with Crippen LogP contribution in [-0.2, 0) is 22.6 Å². The molecule has 0 saturated heterocycles. The number of fused-ring (bicyclic) bond motifs is 2. The van der Waals surface area contributed by atoms with Crippen molar-refractivity contribution in [3.8, 4) is 17.2 Å². The largest absolute Gasteiger partial charge is 0.359 e. The highest BCUT2D eigenvalue weighted by Crippen LogP contribution is 2.49. The fourth-order valence-corrected chi connectivity index (χ4v) is 6.62. The molecule has 2 atom stereocenters. The van der Waals surface area contributed by atoms with Gasteiger partial charge >= 0.3 is 0 Å². The van der Waals surface area contributed by atoms with Gasteiger partial charge in [-0.2, -0.15) is 5.26 Å². The van der Waals surface area contributed by atoms with Crippen molar-refractivity contribution in [3.63, 3.8) is 0 Å². The minimum atomic E-state index is -0.0636. The van der Waals surface area contributed by atoms with Crippen molar-refractivity contribution >= 4 is 29.2 Å². The van der Waals surface area contributed by atoms with Gasteiger partial charge < -0.3 is 15.2 Å². The fraction of sp³-hybridized carbons (Fsp3) is 0.538. The Labute approximate surface area is 204 Å². The number of aromatic nitrogens is 2. The summed E-state index contributed by atoms with van der Waals surface area (Å²) >= 11 is 6.54. The number of hydrogen-bond acceptors (Lipinski definition) is 4. The van der Waals surface area contributed by atoms with Crippen molar-refractivity contribution in [1.82, 2.24) is 14.9 Å². The molecule has 0 bridgehead atoms. The number of nitriles is 1. The molecule has 2 amide bonds. The highest BCUT2D eigenvalue weighted by molar-refractivity contribution is 6.33. The summed E-state index contributed by atoms with van der Waals surface area (Å²) in [7, 11) is 1.68. The molecule has 8 heteroatoms. The van der Waals surface area contributed by atoms with Gasteiger partial charge in [-0.3, -0.25) is 9.59 Å². The number of halogens is 1. The van der Waals surface area contributed by atoms with Gasteiger partial charge in [0.1, 0.15) is 17.6 Å². The molecule has 3 aliphatic rings. The third-order valence-corrected chi connectivity index (χ3v) is 8.26. The van der Waals surface area contributed by atoms with Crippen molar-refractivity contribution in [2.75, 3.05) is 12.4 Å². The summed E-state index contributed by atoms with van der Waals surface area (Å²) in [6, 6.07) is 6.01. The predicted octanol–water partition coefficient (Wildman–Crippen LogP) is 4.39. The van der Waals surface area contributed by atoms with Crippen LogP contribution in [0.3, 0.4) is 0 Å². The van der Waals surface area contributed by atoms with Gasteiger partial charge in [0.2, 0.25) is 11.8 Å². The van der Waals surface area contributed by atoms with E-state index >= 15 is 0 Å². The second-order valence-corrected chi connectivity index (χ2v) is 11.3. The summed E-state index contributed by atoms with van der Waals surface area (Å²) in [5.74, 6) is 1.46. The van der Waals surface area contributed by atoms with Crippen molar-refractivity contribution in [2.24, 2.45) is 29.1 Å². The van der Waals surface area contributed by atoms with Gasteiger partial charge in [0, 0.05) is 48.4 Å². The number of nitrogens with one attached hydrogen (secondary N) is 2. The first kappa shape index (κ1) is 22.9. The lowest BCUT2D eigenvalue weighted by molar-refractivity contribution is -0.124. The zero-order valence-electron chi connectivity index (χ0n) is 19.8. The molecule has 5 rings (SSSR count). The first-order valence-electron chi connectivity index (χ1n) is 12.0. The van der Waals surface area contributed by atoms with Crippen LogP contribution in [-0.4, -0.2) is 28.4 Å². The first-order chi connectivity index (χ1) is 16.2. The van der Waals surface area contributed by atoms with Crippen LogP contribution in [0.5, 0.6) is 0 Å². The maximum absolute atomic E-state index is 13.1. The molecule has 178 valence electrons. The average Bonchev–Trinajstić information content (AvgIpc) is 3.52. The maximum Gasteiger partial charge on any atom is 0.228 e. The highest BCUT2D eigenvalue weighted by Gasteiger charge is 2.45. The van der Waals surface area contributed by atoms with E-state index in [-0.39, 0.29) is 29.1 Å². The second-order valence-electron chi connectivity index (χ2n) is 10.9. The van der Waals surface area contributed by atoms with Gasteiger partial charge in [-0.15, -0.1) is 0 Å². The van der Waals surface area contributed by atoms with Crippen molar-refractivity contribution in [3.05, 3.63) is 34.7 Å². The van der Waals surface area contributed by atoms with Gasteiger partial charge in [0.05, 0.1) is 5.02 Å². The molecule has 0 aromatic carbocycles. The Morgan fingerprint density at radius 3 is 2.38 bits per heavy atom. The molecule has 7 nitrogen and oxygen atoms in total. The van der Waals surface area contributed by atoms with Gasteiger partial charge in [0.25, 0.3) is 0 Å². The Hall–Kier alpha value is -2.85. The minimum absolute atomic E-state index is 0.0207. The van der Waals surface area contributed by atoms with E-state index in [1.54, 1.807) is 13.2 Å². The summed E-state index contributed by atoms with van der Waals surface area (Å²) < 4.78 is 2.08. The molecule has 2 aromatic rings. The quantitative estimate of drug-likeness (QED) is 0.679. The van der Waals surface area contributed by atoms with Gasteiger partial charge in [-0.1, -0.05) is 25.4 Å². The number of carbonyl (C=O) groups is 2. The van der Waals surface area contributed by atoms with E-state index in [0.29, 0.717) is 28.4 Å². The van der Waals surface area contributed by atoms with Crippen LogP contribution in [0.2, 0.25) is 5.02 Å². The predicted molar refractivity (Wildman–Crippen MR) is 130 cm³/mol. The van der Waals surface area contributed by atoms with Gasteiger partial charge in [-0.05, 0) is 61.5 Å². The molecule has 34 heavy (non-hydrogen) atoms. The van der Waals surface area contributed by atoms with Crippen molar-refractivity contribution in [1.29, 1.82) is 5.26 Å². The van der Waals surface area contributed by atoms with E-state index in [0.717, 1.165) is 55.5 Å². The molecule has 0 spiro atoms. The van der Waals surface area contributed by atoms with E-state index in [1.165, 1.54) is 0 Å². The Kier molecular flexibility index (Phi) is 5.68. The Balaban J connectivity index is 1.32. The summed E-state index contributed by atoms with van der Waals surface area (Å²) in [5, 5.41) is 15.9. The molecule has 1 aliphatic heterocycles. The number of hydrogen-bond donors (Lipinski definition) is 2. The molecule has 0 radical (unpaired) electrons. The lowest BCUT2D eigenvalue weighted by atomic mass is 9.89. The normalized spacial score (nSPS) is 26.6. The second kappa shape index (κ2) is 8.42. The number of nitrogens with zero attached hydrogens (tertiary/aromatic N) is 3. The van der Waals surface area contributed by atoms with Gasteiger partial charge in [0.15, 0.2) is 0 Å². The number of amides is 2. The van der Waals surface area contributed by atoms with Crippen LogP contribution in [0.4, 0.5) is 5.82 Å². The SMILES string of the molecule is CNC(=O)C1CC2CC(C(=O)Nc3cc(-c4cc(C#N)n5c4CC(C)(C)C5)c(Cl)cn3)CC2C1. The summed E-state index contributed by atoms with van der Waals surface area (Å²) in [4.78, 5) is 29.4. The zero-order chi connectivity index (χ0) is 24.2. The third kappa shape index (κ3) is 3.98. The Bertz CT molecular complexity index is 1200. The molecule has 2 N–H and O–H groups in total. The molecule has 2 aromatic heterocycles. The van der Waals surface area contributed by atoms with Crippen LogP contribution in [0.15, 0.2) is 18.3 Å².